The molecule has 0 spiro atoms. The molecule has 0 bridgehead atoms. The fourth-order valence-corrected chi connectivity index (χ4v) is 2.95. The molecule has 0 aliphatic rings. The second-order valence-electron chi connectivity index (χ2n) is 5.79. The quantitative estimate of drug-likeness (QED) is 0.540. The van der Waals surface area contributed by atoms with Gasteiger partial charge in [0.1, 0.15) is 18.5 Å². The summed E-state index contributed by atoms with van der Waals surface area (Å²) in [6, 6.07) is 10.4. The minimum atomic E-state index is -0.309. The van der Waals surface area contributed by atoms with Gasteiger partial charge in [0, 0.05) is 12.3 Å². The third-order valence-corrected chi connectivity index (χ3v) is 4.83. The molecular formula is C18H13Cl2N7O. The third-order valence-electron chi connectivity index (χ3n) is 3.97. The van der Waals surface area contributed by atoms with Crippen molar-refractivity contribution in [3.05, 3.63) is 82.6 Å². The topological polar surface area (TPSA) is 90.5 Å². The fraction of sp³-hybridized carbons (Fsp3) is 0.0556. The maximum Gasteiger partial charge on any atom is 0.258 e. The number of amides is 1. The van der Waals surface area contributed by atoms with Crippen LogP contribution in [0.3, 0.4) is 0 Å². The monoisotopic (exact) mass is 413 g/mol. The zero-order chi connectivity index (χ0) is 19.5. The number of halogens is 2. The predicted octanol–water partition coefficient (Wildman–Crippen LogP) is 3.47. The fourth-order valence-electron chi connectivity index (χ4n) is 2.57. The molecule has 8 nitrogen and oxygen atoms in total. The number of nitrogens with zero attached hydrogens (tertiary/aromatic N) is 6. The number of anilines is 1. The van der Waals surface area contributed by atoms with Crippen molar-refractivity contribution < 1.29 is 4.79 Å². The van der Waals surface area contributed by atoms with Crippen LogP contribution in [-0.2, 0) is 6.54 Å². The summed E-state index contributed by atoms with van der Waals surface area (Å²) >= 11 is 12.3. The van der Waals surface area contributed by atoms with Gasteiger partial charge >= 0.3 is 0 Å². The Hall–Kier alpha value is -3.23. The second kappa shape index (κ2) is 7.79. The molecule has 1 amide bonds. The zero-order valence-corrected chi connectivity index (χ0v) is 15.8. The van der Waals surface area contributed by atoms with Gasteiger partial charge in [-0.2, -0.15) is 10.2 Å². The van der Waals surface area contributed by atoms with Crippen LogP contribution in [0.4, 0.5) is 5.82 Å². The third kappa shape index (κ3) is 3.73. The first-order chi connectivity index (χ1) is 13.6. The van der Waals surface area contributed by atoms with Gasteiger partial charge in [0.15, 0.2) is 5.82 Å². The van der Waals surface area contributed by atoms with Crippen molar-refractivity contribution in [3.63, 3.8) is 0 Å². The molecule has 0 saturated heterocycles. The number of benzene rings is 1. The maximum atomic E-state index is 12.6. The Kier molecular flexibility index (Phi) is 5.05. The number of carbonyl (C=O) groups excluding carboxylic acids is 1. The van der Waals surface area contributed by atoms with Crippen molar-refractivity contribution in [2.24, 2.45) is 0 Å². The average Bonchev–Trinajstić information content (AvgIpc) is 3.38. The molecule has 1 N–H and O–H groups in total. The first-order valence-corrected chi connectivity index (χ1v) is 8.94. The summed E-state index contributed by atoms with van der Waals surface area (Å²) in [5, 5.41) is 12.0. The van der Waals surface area contributed by atoms with E-state index in [1.807, 2.05) is 12.1 Å². The normalized spacial score (nSPS) is 10.8. The zero-order valence-electron chi connectivity index (χ0n) is 14.3. The summed E-state index contributed by atoms with van der Waals surface area (Å²) in [6.45, 7) is 0.367. The van der Waals surface area contributed by atoms with Gasteiger partial charge in [-0.15, -0.1) is 0 Å². The van der Waals surface area contributed by atoms with Crippen LogP contribution in [0, 0.1) is 0 Å². The Labute approximate surface area is 169 Å². The number of hydrogen-bond donors (Lipinski definition) is 1. The number of nitrogens with one attached hydrogen (secondary N) is 1. The molecule has 140 valence electrons. The lowest BCUT2D eigenvalue weighted by atomic mass is 10.2. The lowest BCUT2D eigenvalue weighted by Gasteiger charge is -2.11. The average molecular weight is 414 g/mol. The predicted molar refractivity (Wildman–Crippen MR) is 105 cm³/mol. The summed E-state index contributed by atoms with van der Waals surface area (Å²) in [7, 11) is 0. The largest absolute Gasteiger partial charge is 0.307 e. The summed E-state index contributed by atoms with van der Waals surface area (Å²) in [5.74, 6) is 0.785. The van der Waals surface area contributed by atoms with E-state index in [1.165, 1.54) is 23.5 Å². The van der Waals surface area contributed by atoms with Crippen LogP contribution < -0.4 is 5.32 Å². The highest BCUT2D eigenvalue weighted by Crippen LogP contribution is 2.26. The van der Waals surface area contributed by atoms with Crippen LogP contribution in [-0.4, -0.2) is 35.4 Å². The van der Waals surface area contributed by atoms with E-state index in [2.05, 4.69) is 25.5 Å². The van der Waals surface area contributed by atoms with Crippen molar-refractivity contribution in [1.82, 2.24) is 29.5 Å². The summed E-state index contributed by atoms with van der Waals surface area (Å²) in [4.78, 5) is 20.7. The van der Waals surface area contributed by atoms with E-state index in [0.717, 1.165) is 5.56 Å². The first kappa shape index (κ1) is 18.1. The van der Waals surface area contributed by atoms with Crippen LogP contribution in [0.15, 0.2) is 61.4 Å². The lowest BCUT2D eigenvalue weighted by molar-refractivity contribution is 0.102. The molecule has 0 aliphatic carbocycles. The highest BCUT2D eigenvalue weighted by Gasteiger charge is 2.12. The molecule has 0 atom stereocenters. The van der Waals surface area contributed by atoms with Gasteiger partial charge in [-0.1, -0.05) is 35.3 Å². The number of pyridine rings is 1. The first-order valence-electron chi connectivity index (χ1n) is 8.19. The van der Waals surface area contributed by atoms with Crippen molar-refractivity contribution >= 4 is 34.9 Å². The van der Waals surface area contributed by atoms with Gasteiger partial charge in [-0.25, -0.2) is 19.3 Å². The molecule has 4 rings (SSSR count). The molecule has 0 aliphatic heterocycles. The van der Waals surface area contributed by atoms with Gasteiger partial charge in [0.05, 0.1) is 28.4 Å². The maximum absolute atomic E-state index is 12.6. The van der Waals surface area contributed by atoms with E-state index in [-0.39, 0.29) is 5.91 Å². The van der Waals surface area contributed by atoms with Crippen LogP contribution in [0.2, 0.25) is 10.0 Å². The van der Waals surface area contributed by atoms with Crippen LogP contribution in [0.5, 0.6) is 0 Å². The van der Waals surface area contributed by atoms with Crippen LogP contribution in [0.1, 0.15) is 15.9 Å². The molecule has 0 saturated carbocycles. The highest BCUT2D eigenvalue weighted by molar-refractivity contribution is 6.42. The number of aromatic nitrogens is 6. The van der Waals surface area contributed by atoms with Gasteiger partial charge in [0.2, 0.25) is 0 Å². The molecular weight excluding hydrogens is 401 g/mol. The molecule has 0 unspecified atom stereocenters. The van der Waals surface area contributed by atoms with E-state index in [4.69, 9.17) is 23.2 Å². The Morgan fingerprint density at radius 3 is 2.75 bits per heavy atom. The molecule has 4 aromatic rings. The molecule has 1 aromatic carbocycles. The smallest absolute Gasteiger partial charge is 0.258 e. The van der Waals surface area contributed by atoms with Crippen LogP contribution >= 0.6 is 23.2 Å². The molecule has 28 heavy (non-hydrogen) atoms. The number of carbonyl (C=O) groups is 1. The Bertz CT molecular complexity index is 1110. The summed E-state index contributed by atoms with van der Waals surface area (Å²) in [5.41, 5.74) is 1.20. The van der Waals surface area contributed by atoms with E-state index in [0.29, 0.717) is 33.8 Å². The molecule has 10 heteroatoms. The molecule has 3 aromatic heterocycles. The Morgan fingerprint density at radius 1 is 1.11 bits per heavy atom. The van der Waals surface area contributed by atoms with E-state index in [1.54, 1.807) is 35.1 Å². The van der Waals surface area contributed by atoms with Gasteiger partial charge in [0.25, 0.3) is 5.91 Å². The van der Waals surface area contributed by atoms with Crippen molar-refractivity contribution in [3.8, 4) is 5.82 Å². The highest BCUT2D eigenvalue weighted by atomic mass is 35.5. The molecule has 3 heterocycles. The van der Waals surface area contributed by atoms with Crippen molar-refractivity contribution in [2.45, 2.75) is 6.54 Å². The second-order valence-corrected chi connectivity index (χ2v) is 6.57. The van der Waals surface area contributed by atoms with E-state index < -0.39 is 0 Å². The minimum Gasteiger partial charge on any atom is -0.307 e. The van der Waals surface area contributed by atoms with E-state index >= 15 is 0 Å². The van der Waals surface area contributed by atoms with Gasteiger partial charge in [-0.3, -0.25) is 4.79 Å². The molecule has 0 fully saturated rings. The molecule has 0 radical (unpaired) electrons. The van der Waals surface area contributed by atoms with E-state index in [9.17, 15) is 4.79 Å². The van der Waals surface area contributed by atoms with Gasteiger partial charge < -0.3 is 5.32 Å². The Balaban J connectivity index is 1.50. The standard InChI is InChI=1S/C18H13Cl2N7O/c19-14-3-1-2-13(17(14)20)9-26-16(6-7-23-26)25-18(28)12-4-5-15(22-8-12)27-11-21-10-24-27/h1-8,10-11H,9H2,(H,25,28). The number of hydrogen-bond acceptors (Lipinski definition) is 5. The van der Waals surface area contributed by atoms with Crippen LogP contribution in [0.25, 0.3) is 5.82 Å². The van der Waals surface area contributed by atoms with Crippen molar-refractivity contribution in [1.29, 1.82) is 0 Å². The summed E-state index contributed by atoms with van der Waals surface area (Å²) in [6.07, 6.45) is 6.01. The lowest BCUT2D eigenvalue weighted by Crippen LogP contribution is -2.16. The minimum absolute atomic E-state index is 0.309. The van der Waals surface area contributed by atoms with Gasteiger partial charge in [-0.05, 0) is 23.8 Å². The Morgan fingerprint density at radius 2 is 2.00 bits per heavy atom. The number of rotatable bonds is 5. The SMILES string of the molecule is O=C(Nc1ccnn1Cc1cccc(Cl)c1Cl)c1ccc(-n2cncn2)nc1. The van der Waals surface area contributed by atoms with Crippen molar-refractivity contribution in [2.75, 3.05) is 5.32 Å². The summed E-state index contributed by atoms with van der Waals surface area (Å²) < 4.78 is 3.14.